The number of alkyl halides is 2. The van der Waals surface area contributed by atoms with Crippen molar-refractivity contribution in [2.45, 2.75) is 6.43 Å². The molecule has 0 bridgehead atoms. The molecule has 1 heterocycles. The van der Waals surface area contributed by atoms with Crippen molar-refractivity contribution in [3.8, 4) is 0 Å². The third-order valence-electron chi connectivity index (χ3n) is 1.27. The molecule has 1 rings (SSSR count). The molecule has 66 valence electrons. The van der Waals surface area contributed by atoms with E-state index in [0.717, 1.165) is 6.07 Å². The first-order chi connectivity index (χ1) is 5.52. The van der Waals surface area contributed by atoms with Crippen molar-refractivity contribution in [2.75, 3.05) is 11.5 Å². The molecule has 1 aromatic rings. The van der Waals surface area contributed by atoms with Crippen LogP contribution in [0.2, 0.25) is 5.02 Å². The summed E-state index contributed by atoms with van der Waals surface area (Å²) in [6, 6.07) is 1.16. The van der Waals surface area contributed by atoms with Crippen LogP contribution in [-0.2, 0) is 0 Å². The van der Waals surface area contributed by atoms with Crippen LogP contribution in [-0.4, -0.2) is 4.98 Å². The van der Waals surface area contributed by atoms with Gasteiger partial charge in [-0.05, 0) is 6.07 Å². The number of hydrogen-bond donors (Lipinski definition) is 2. The minimum absolute atomic E-state index is 0.0805. The maximum atomic E-state index is 12.1. The zero-order valence-electron chi connectivity index (χ0n) is 5.89. The average molecular weight is 194 g/mol. The fourth-order valence-corrected chi connectivity index (χ4v) is 0.867. The maximum Gasteiger partial charge on any atom is 0.282 e. The largest absolute Gasteiger partial charge is 0.397 e. The Bertz CT molecular complexity index is 303. The summed E-state index contributed by atoms with van der Waals surface area (Å²) in [5, 5.41) is 0.0805. The minimum Gasteiger partial charge on any atom is -0.397 e. The Hall–Kier alpha value is -1.10. The number of aromatic nitrogens is 1. The Balaban J connectivity index is 3.23. The van der Waals surface area contributed by atoms with Crippen molar-refractivity contribution in [2.24, 2.45) is 0 Å². The van der Waals surface area contributed by atoms with Gasteiger partial charge in [-0.15, -0.1) is 0 Å². The molecule has 0 amide bonds. The van der Waals surface area contributed by atoms with Gasteiger partial charge in [0, 0.05) is 0 Å². The first-order valence-corrected chi connectivity index (χ1v) is 3.39. The lowest BCUT2D eigenvalue weighted by molar-refractivity contribution is 0.147. The van der Waals surface area contributed by atoms with E-state index < -0.39 is 12.1 Å². The van der Waals surface area contributed by atoms with E-state index in [0.29, 0.717) is 0 Å². The SMILES string of the molecule is Nc1cc(Cl)c(N)nc1C(F)F. The predicted molar refractivity (Wildman–Crippen MR) is 43.0 cm³/mol. The van der Waals surface area contributed by atoms with Crippen molar-refractivity contribution in [3.63, 3.8) is 0 Å². The summed E-state index contributed by atoms with van der Waals surface area (Å²) < 4.78 is 24.2. The molecule has 6 heteroatoms. The maximum absolute atomic E-state index is 12.1. The standard InChI is InChI=1S/C6H6ClF2N3/c7-2-1-3(10)4(5(8)9)12-6(2)11/h1,5H,10H2,(H2,11,12). The molecule has 0 aliphatic heterocycles. The van der Waals surface area contributed by atoms with E-state index in [1.54, 1.807) is 0 Å². The van der Waals surface area contributed by atoms with Crippen molar-refractivity contribution < 1.29 is 8.78 Å². The number of pyridine rings is 1. The second kappa shape index (κ2) is 3.10. The fourth-order valence-electron chi connectivity index (χ4n) is 0.707. The summed E-state index contributed by atoms with van der Waals surface area (Å²) in [6.07, 6.45) is -2.73. The molecule has 0 radical (unpaired) electrons. The van der Waals surface area contributed by atoms with Gasteiger partial charge in [0.15, 0.2) is 0 Å². The van der Waals surface area contributed by atoms with Crippen LogP contribution in [0.4, 0.5) is 20.3 Å². The Morgan fingerprint density at radius 3 is 2.50 bits per heavy atom. The van der Waals surface area contributed by atoms with Crippen LogP contribution < -0.4 is 11.5 Å². The fraction of sp³-hybridized carbons (Fsp3) is 0.167. The Morgan fingerprint density at radius 2 is 2.00 bits per heavy atom. The quantitative estimate of drug-likeness (QED) is 0.715. The number of halogens is 3. The van der Waals surface area contributed by atoms with Gasteiger partial charge in [0.05, 0.1) is 10.7 Å². The molecule has 0 saturated carbocycles. The Morgan fingerprint density at radius 1 is 1.42 bits per heavy atom. The second-order valence-corrected chi connectivity index (χ2v) is 2.54. The third-order valence-corrected chi connectivity index (χ3v) is 1.57. The summed E-state index contributed by atoms with van der Waals surface area (Å²) >= 11 is 5.48. The first-order valence-electron chi connectivity index (χ1n) is 3.02. The lowest BCUT2D eigenvalue weighted by Gasteiger charge is -2.05. The van der Waals surface area contributed by atoms with Gasteiger partial charge in [0.1, 0.15) is 11.5 Å². The number of hydrogen-bond acceptors (Lipinski definition) is 3. The van der Waals surface area contributed by atoms with Gasteiger partial charge in [0.2, 0.25) is 0 Å². The van der Waals surface area contributed by atoms with Crippen molar-refractivity contribution in [3.05, 3.63) is 16.8 Å². The van der Waals surface area contributed by atoms with Gasteiger partial charge in [0.25, 0.3) is 6.43 Å². The highest BCUT2D eigenvalue weighted by Gasteiger charge is 2.14. The number of anilines is 2. The topological polar surface area (TPSA) is 64.9 Å². The summed E-state index contributed by atoms with van der Waals surface area (Å²) in [7, 11) is 0. The van der Waals surface area contributed by atoms with Crippen LogP contribution in [0.15, 0.2) is 6.07 Å². The molecule has 12 heavy (non-hydrogen) atoms. The van der Waals surface area contributed by atoms with E-state index in [9.17, 15) is 8.78 Å². The van der Waals surface area contributed by atoms with Crippen LogP contribution in [0.25, 0.3) is 0 Å². The molecule has 0 aliphatic carbocycles. The third kappa shape index (κ3) is 1.55. The van der Waals surface area contributed by atoms with Gasteiger partial charge < -0.3 is 11.5 Å². The summed E-state index contributed by atoms with van der Waals surface area (Å²) in [4.78, 5) is 3.34. The molecule has 0 saturated heterocycles. The highest BCUT2D eigenvalue weighted by molar-refractivity contribution is 6.33. The number of nitrogen functional groups attached to an aromatic ring is 2. The molecular weight excluding hydrogens is 188 g/mol. The number of rotatable bonds is 1. The van der Waals surface area contributed by atoms with E-state index in [2.05, 4.69) is 4.98 Å². The Kier molecular flexibility index (Phi) is 2.32. The Labute approximate surface area is 72.3 Å². The van der Waals surface area contributed by atoms with E-state index in [1.165, 1.54) is 0 Å². The summed E-state index contributed by atoms with van der Waals surface area (Å²) in [5.74, 6) is -0.138. The molecule has 0 aliphatic rings. The lowest BCUT2D eigenvalue weighted by Crippen LogP contribution is -2.02. The average Bonchev–Trinajstić information content (AvgIpc) is 1.96. The van der Waals surface area contributed by atoms with Crippen LogP contribution in [0.1, 0.15) is 12.1 Å². The molecule has 0 atom stereocenters. The van der Waals surface area contributed by atoms with E-state index in [1.807, 2.05) is 0 Å². The smallest absolute Gasteiger partial charge is 0.282 e. The zero-order valence-corrected chi connectivity index (χ0v) is 6.65. The van der Waals surface area contributed by atoms with Gasteiger partial charge in [-0.3, -0.25) is 0 Å². The molecule has 1 aromatic heterocycles. The minimum atomic E-state index is -2.73. The van der Waals surface area contributed by atoms with Gasteiger partial charge in [-0.2, -0.15) is 0 Å². The van der Waals surface area contributed by atoms with Crippen molar-refractivity contribution >= 4 is 23.1 Å². The molecule has 0 unspecified atom stereocenters. The molecular formula is C6H6ClF2N3. The molecule has 0 aromatic carbocycles. The number of nitrogens with zero attached hydrogens (tertiary/aromatic N) is 1. The van der Waals surface area contributed by atoms with Gasteiger partial charge >= 0.3 is 0 Å². The van der Waals surface area contributed by atoms with Crippen LogP contribution in [0, 0.1) is 0 Å². The highest BCUT2D eigenvalue weighted by atomic mass is 35.5. The van der Waals surface area contributed by atoms with E-state index >= 15 is 0 Å². The van der Waals surface area contributed by atoms with Gasteiger partial charge in [-0.25, -0.2) is 13.8 Å². The van der Waals surface area contributed by atoms with E-state index in [-0.39, 0.29) is 16.5 Å². The lowest BCUT2D eigenvalue weighted by atomic mass is 10.3. The summed E-state index contributed by atoms with van der Waals surface area (Å²) in [5.41, 5.74) is 9.72. The molecule has 0 fully saturated rings. The second-order valence-electron chi connectivity index (χ2n) is 2.13. The zero-order chi connectivity index (χ0) is 9.30. The normalized spacial score (nSPS) is 10.7. The first kappa shape index (κ1) is 8.99. The van der Waals surface area contributed by atoms with Crippen molar-refractivity contribution in [1.82, 2.24) is 4.98 Å². The van der Waals surface area contributed by atoms with Crippen LogP contribution >= 0.6 is 11.6 Å². The van der Waals surface area contributed by atoms with Crippen LogP contribution in [0.5, 0.6) is 0 Å². The molecule has 0 spiro atoms. The number of nitrogens with two attached hydrogens (primary N) is 2. The molecule has 3 nitrogen and oxygen atoms in total. The predicted octanol–water partition coefficient (Wildman–Crippen LogP) is 1.84. The summed E-state index contributed by atoms with van der Waals surface area (Å²) in [6.45, 7) is 0. The highest BCUT2D eigenvalue weighted by Crippen LogP contribution is 2.28. The van der Waals surface area contributed by atoms with E-state index in [4.69, 9.17) is 23.1 Å². The monoisotopic (exact) mass is 193 g/mol. The van der Waals surface area contributed by atoms with Crippen molar-refractivity contribution in [1.29, 1.82) is 0 Å². The van der Waals surface area contributed by atoms with Gasteiger partial charge in [-0.1, -0.05) is 11.6 Å². The van der Waals surface area contributed by atoms with Crippen LogP contribution in [0.3, 0.4) is 0 Å². The molecule has 4 N–H and O–H groups in total.